The summed E-state index contributed by atoms with van der Waals surface area (Å²) in [6.45, 7) is 0.711. The molecule has 0 aromatic heterocycles. The van der Waals surface area contributed by atoms with Crippen molar-refractivity contribution >= 4 is 23.7 Å². The number of esters is 1. The zero-order chi connectivity index (χ0) is 17.1. The Hall–Kier alpha value is -2.77. The number of urea groups is 1. The van der Waals surface area contributed by atoms with Crippen molar-refractivity contribution in [1.82, 2.24) is 9.80 Å². The Labute approximate surface area is 131 Å². The number of carbonyl (C=O) groups is 4. The molecule has 2 rings (SSSR count). The summed E-state index contributed by atoms with van der Waals surface area (Å²) in [5.74, 6) is -2.37. The number of ketones is 1. The Kier molecular flexibility index (Phi) is 4.73. The van der Waals surface area contributed by atoms with Gasteiger partial charge < -0.3 is 9.64 Å². The van der Waals surface area contributed by atoms with E-state index in [2.05, 4.69) is 0 Å². The van der Waals surface area contributed by atoms with E-state index in [0.29, 0.717) is 0 Å². The van der Waals surface area contributed by atoms with Gasteiger partial charge in [-0.1, -0.05) is 0 Å². The molecule has 23 heavy (non-hydrogen) atoms. The van der Waals surface area contributed by atoms with Gasteiger partial charge in [0.1, 0.15) is 18.9 Å². The largest absolute Gasteiger partial charge is 0.453 e. The highest BCUT2D eigenvalue weighted by atomic mass is 19.1. The van der Waals surface area contributed by atoms with Gasteiger partial charge in [-0.05, 0) is 31.2 Å². The van der Waals surface area contributed by atoms with Gasteiger partial charge in [0.25, 0.3) is 5.91 Å². The molecule has 0 radical (unpaired) electrons. The molecule has 1 fully saturated rings. The molecule has 7 nitrogen and oxygen atoms in total. The number of Topliss-reactive ketones (excluding diaryl/α,β-unsaturated/α-hetero) is 1. The van der Waals surface area contributed by atoms with E-state index in [-0.39, 0.29) is 12.1 Å². The number of halogens is 1. The van der Waals surface area contributed by atoms with Gasteiger partial charge in [0.05, 0.1) is 0 Å². The molecule has 1 aliphatic rings. The van der Waals surface area contributed by atoms with Crippen LogP contribution in [0.3, 0.4) is 0 Å². The maximum atomic E-state index is 12.8. The van der Waals surface area contributed by atoms with Crippen LogP contribution in [0.15, 0.2) is 24.3 Å². The van der Waals surface area contributed by atoms with E-state index in [9.17, 15) is 23.6 Å². The Morgan fingerprint density at radius 2 is 1.87 bits per heavy atom. The van der Waals surface area contributed by atoms with Crippen molar-refractivity contribution in [3.63, 3.8) is 0 Å². The minimum Gasteiger partial charge on any atom is -0.453 e. The molecule has 1 aromatic carbocycles. The topological polar surface area (TPSA) is 84.0 Å². The summed E-state index contributed by atoms with van der Waals surface area (Å²) in [5, 5.41) is 0. The molecule has 3 amide bonds. The first-order valence-corrected chi connectivity index (χ1v) is 6.84. The van der Waals surface area contributed by atoms with Crippen molar-refractivity contribution in [2.75, 3.05) is 20.1 Å². The molecule has 122 valence electrons. The van der Waals surface area contributed by atoms with E-state index in [1.807, 2.05) is 0 Å². The Morgan fingerprint density at radius 3 is 2.39 bits per heavy atom. The van der Waals surface area contributed by atoms with Crippen molar-refractivity contribution in [1.29, 1.82) is 0 Å². The van der Waals surface area contributed by atoms with E-state index in [0.717, 1.165) is 17.0 Å². The zero-order valence-electron chi connectivity index (χ0n) is 12.6. The zero-order valence-corrected chi connectivity index (χ0v) is 12.6. The molecular weight excluding hydrogens is 307 g/mol. The molecule has 8 heteroatoms. The fourth-order valence-corrected chi connectivity index (χ4v) is 2.09. The number of hydrogen-bond acceptors (Lipinski definition) is 5. The Balaban J connectivity index is 1.94. The van der Waals surface area contributed by atoms with Crippen molar-refractivity contribution < 1.29 is 28.3 Å². The van der Waals surface area contributed by atoms with Crippen LogP contribution in [-0.2, 0) is 14.3 Å². The second kappa shape index (κ2) is 6.55. The van der Waals surface area contributed by atoms with Crippen LogP contribution >= 0.6 is 0 Å². The van der Waals surface area contributed by atoms with Gasteiger partial charge in [0.2, 0.25) is 5.78 Å². The Bertz CT molecular complexity index is 658. The molecule has 0 spiro atoms. The number of ether oxygens (including phenoxy) is 1. The molecule has 0 saturated carbocycles. The van der Waals surface area contributed by atoms with Crippen LogP contribution < -0.4 is 0 Å². The first-order valence-electron chi connectivity index (χ1n) is 6.84. The van der Waals surface area contributed by atoms with Crippen molar-refractivity contribution in [3.05, 3.63) is 35.6 Å². The Morgan fingerprint density at radius 1 is 1.26 bits per heavy atom. The van der Waals surface area contributed by atoms with Crippen LogP contribution in [0.2, 0.25) is 0 Å². The quantitative estimate of drug-likeness (QED) is 0.455. The molecule has 1 saturated heterocycles. The normalized spacial score (nSPS) is 15.8. The van der Waals surface area contributed by atoms with E-state index in [4.69, 9.17) is 4.74 Å². The third kappa shape index (κ3) is 3.71. The summed E-state index contributed by atoms with van der Waals surface area (Å²) < 4.78 is 17.8. The molecule has 1 aromatic rings. The number of imide groups is 1. The van der Waals surface area contributed by atoms with Crippen LogP contribution in [0, 0.1) is 5.82 Å². The number of carbonyl (C=O) groups excluding carboxylic acids is 4. The number of hydrogen-bond donors (Lipinski definition) is 0. The van der Waals surface area contributed by atoms with Crippen molar-refractivity contribution in [2.24, 2.45) is 0 Å². The molecule has 1 atom stereocenters. The van der Waals surface area contributed by atoms with Gasteiger partial charge in [-0.25, -0.2) is 9.18 Å². The van der Waals surface area contributed by atoms with Gasteiger partial charge in [-0.15, -0.1) is 0 Å². The van der Waals surface area contributed by atoms with E-state index in [1.165, 1.54) is 31.0 Å². The SMILES string of the molecule is C[C@@H](OC(=O)CN1C(=O)CN(C)C1=O)C(=O)c1ccc(F)cc1. The van der Waals surface area contributed by atoms with E-state index in [1.54, 1.807) is 0 Å². The second-order valence-electron chi connectivity index (χ2n) is 5.12. The maximum absolute atomic E-state index is 12.8. The van der Waals surface area contributed by atoms with Crippen LogP contribution in [0.1, 0.15) is 17.3 Å². The number of benzene rings is 1. The third-order valence-electron chi connectivity index (χ3n) is 3.32. The lowest BCUT2D eigenvalue weighted by molar-refractivity contribution is -0.149. The van der Waals surface area contributed by atoms with Crippen LogP contribution in [0.4, 0.5) is 9.18 Å². The van der Waals surface area contributed by atoms with E-state index < -0.39 is 42.2 Å². The summed E-state index contributed by atoms with van der Waals surface area (Å²) in [4.78, 5) is 49.0. The van der Waals surface area contributed by atoms with Gasteiger partial charge in [-0.3, -0.25) is 19.3 Å². The van der Waals surface area contributed by atoms with Gasteiger partial charge in [-0.2, -0.15) is 0 Å². The summed E-state index contributed by atoms with van der Waals surface area (Å²) in [7, 11) is 1.44. The fraction of sp³-hybridized carbons (Fsp3) is 0.333. The molecular formula is C15H15FN2O5. The lowest BCUT2D eigenvalue weighted by Gasteiger charge is -2.16. The molecule has 0 N–H and O–H groups in total. The average molecular weight is 322 g/mol. The molecule has 0 aliphatic carbocycles. The van der Waals surface area contributed by atoms with Crippen LogP contribution in [0.25, 0.3) is 0 Å². The maximum Gasteiger partial charge on any atom is 0.327 e. The molecule has 0 bridgehead atoms. The van der Waals surface area contributed by atoms with Gasteiger partial charge in [0.15, 0.2) is 6.10 Å². The number of rotatable bonds is 5. The van der Waals surface area contributed by atoms with Crippen LogP contribution in [0.5, 0.6) is 0 Å². The highest BCUT2D eigenvalue weighted by molar-refractivity contribution is 6.04. The predicted molar refractivity (Wildman–Crippen MR) is 76.0 cm³/mol. The summed E-state index contributed by atoms with van der Waals surface area (Å²) in [6, 6.07) is 4.22. The first kappa shape index (κ1) is 16.6. The third-order valence-corrected chi connectivity index (χ3v) is 3.32. The highest BCUT2D eigenvalue weighted by Gasteiger charge is 2.35. The smallest absolute Gasteiger partial charge is 0.327 e. The standard InChI is InChI=1S/C15H15FN2O5/c1-9(14(21)10-3-5-11(16)6-4-10)23-13(20)8-18-12(19)7-17(2)15(18)22/h3-6,9H,7-8H2,1-2H3/t9-/m1/s1. The lowest BCUT2D eigenvalue weighted by Crippen LogP contribution is -2.38. The van der Waals surface area contributed by atoms with Gasteiger partial charge >= 0.3 is 12.0 Å². The minimum atomic E-state index is -1.11. The first-order chi connectivity index (χ1) is 10.8. The van der Waals surface area contributed by atoms with Gasteiger partial charge in [0, 0.05) is 12.6 Å². The average Bonchev–Trinajstić information content (AvgIpc) is 2.73. The fourth-order valence-electron chi connectivity index (χ4n) is 2.09. The second-order valence-corrected chi connectivity index (χ2v) is 5.12. The summed E-state index contributed by atoms with van der Waals surface area (Å²) in [5.41, 5.74) is 0.194. The van der Waals surface area contributed by atoms with Crippen molar-refractivity contribution in [3.8, 4) is 0 Å². The molecule has 1 heterocycles. The number of nitrogens with zero attached hydrogens (tertiary/aromatic N) is 2. The number of likely N-dealkylation sites (N-methyl/N-ethyl adjacent to an activating group) is 1. The predicted octanol–water partition coefficient (Wildman–Crippen LogP) is 0.834. The number of amides is 3. The summed E-state index contributed by atoms with van der Waals surface area (Å²) >= 11 is 0. The van der Waals surface area contributed by atoms with Crippen LogP contribution in [-0.4, -0.2) is 59.7 Å². The lowest BCUT2D eigenvalue weighted by atomic mass is 10.1. The minimum absolute atomic E-state index is 0.101. The monoisotopic (exact) mass is 322 g/mol. The summed E-state index contributed by atoms with van der Waals surface area (Å²) in [6.07, 6.45) is -1.11. The van der Waals surface area contributed by atoms with E-state index >= 15 is 0 Å². The molecule has 0 unspecified atom stereocenters. The molecule has 1 aliphatic heterocycles. The van der Waals surface area contributed by atoms with Crippen molar-refractivity contribution in [2.45, 2.75) is 13.0 Å². The highest BCUT2D eigenvalue weighted by Crippen LogP contribution is 2.11.